The van der Waals surface area contributed by atoms with Crippen molar-refractivity contribution in [1.82, 2.24) is 0 Å². The van der Waals surface area contributed by atoms with Crippen molar-refractivity contribution in [3.8, 4) is 23.0 Å². The Labute approximate surface area is 287 Å². The summed E-state index contributed by atoms with van der Waals surface area (Å²) in [7, 11) is 0. The molecule has 1 aliphatic heterocycles. The summed E-state index contributed by atoms with van der Waals surface area (Å²) in [6.07, 6.45) is 4.47. The number of benzene rings is 3. The van der Waals surface area contributed by atoms with Crippen molar-refractivity contribution in [3.05, 3.63) is 83.9 Å². The molecule has 1 aliphatic rings. The van der Waals surface area contributed by atoms with Gasteiger partial charge in [-0.15, -0.1) is 0 Å². The van der Waals surface area contributed by atoms with E-state index in [0.717, 1.165) is 52.1 Å². The molecular weight excluding hydrogens is 632 g/mol. The standard InChI is InChI=1S/C38H46O11/c1-3-35(39)47-25-23-42-22-24-46-32-14-10-30(11-15-32)37(41)49-34-18-16-33(17-19-34)48-36(40)29-8-12-31(13-9-29)45-21-7-5-4-6-20-43-26-38(2)27-44-28-38/h8-19H,3-7,20-28H2,1-2H3. The number of carbonyl (C=O) groups excluding carboxylic acids is 3. The van der Waals surface area contributed by atoms with Crippen LogP contribution in [0.15, 0.2) is 72.8 Å². The number of esters is 3. The highest BCUT2D eigenvalue weighted by Gasteiger charge is 2.33. The van der Waals surface area contributed by atoms with Crippen molar-refractivity contribution in [2.45, 2.75) is 46.0 Å². The van der Waals surface area contributed by atoms with Crippen LogP contribution in [0.2, 0.25) is 0 Å². The summed E-state index contributed by atoms with van der Waals surface area (Å²) in [4.78, 5) is 36.3. The van der Waals surface area contributed by atoms with E-state index in [-0.39, 0.29) is 18.0 Å². The zero-order valence-electron chi connectivity index (χ0n) is 28.3. The van der Waals surface area contributed by atoms with Crippen LogP contribution < -0.4 is 18.9 Å². The second-order valence-electron chi connectivity index (χ2n) is 12.0. The van der Waals surface area contributed by atoms with Gasteiger partial charge in [-0.3, -0.25) is 4.79 Å². The molecular formula is C38H46O11. The molecule has 0 radical (unpaired) electrons. The fraction of sp³-hybridized carbons (Fsp3) is 0.447. The zero-order valence-corrected chi connectivity index (χ0v) is 28.3. The van der Waals surface area contributed by atoms with Gasteiger partial charge in [0.15, 0.2) is 0 Å². The van der Waals surface area contributed by atoms with Gasteiger partial charge in [-0.05, 0) is 92.1 Å². The summed E-state index contributed by atoms with van der Waals surface area (Å²) < 4.78 is 43.6. The van der Waals surface area contributed by atoms with Crippen LogP contribution >= 0.6 is 0 Å². The van der Waals surface area contributed by atoms with Gasteiger partial charge in [0.2, 0.25) is 0 Å². The fourth-order valence-electron chi connectivity index (χ4n) is 4.62. The van der Waals surface area contributed by atoms with E-state index in [1.54, 1.807) is 79.7 Å². The highest BCUT2D eigenvalue weighted by Crippen LogP contribution is 2.26. The van der Waals surface area contributed by atoms with E-state index in [0.29, 0.717) is 67.0 Å². The number of rotatable bonds is 22. The van der Waals surface area contributed by atoms with Crippen molar-refractivity contribution >= 4 is 17.9 Å². The third-order valence-electron chi connectivity index (χ3n) is 7.50. The Kier molecular flexibility index (Phi) is 15.4. The lowest BCUT2D eigenvalue weighted by Gasteiger charge is -2.37. The average Bonchev–Trinajstić information content (AvgIpc) is 3.10. The molecule has 0 bridgehead atoms. The van der Waals surface area contributed by atoms with Gasteiger partial charge in [0.05, 0.1) is 50.8 Å². The van der Waals surface area contributed by atoms with Crippen molar-refractivity contribution in [2.24, 2.45) is 5.41 Å². The van der Waals surface area contributed by atoms with Gasteiger partial charge in [-0.2, -0.15) is 0 Å². The molecule has 11 heteroatoms. The topological polar surface area (TPSA) is 125 Å². The Morgan fingerprint density at radius 3 is 1.59 bits per heavy atom. The molecule has 0 aromatic heterocycles. The van der Waals surface area contributed by atoms with Crippen LogP contribution in [0.25, 0.3) is 0 Å². The number of hydrogen-bond acceptors (Lipinski definition) is 11. The molecule has 11 nitrogen and oxygen atoms in total. The minimum Gasteiger partial charge on any atom is -0.494 e. The summed E-state index contributed by atoms with van der Waals surface area (Å²) in [5, 5.41) is 0. The summed E-state index contributed by atoms with van der Waals surface area (Å²) >= 11 is 0. The first-order valence-corrected chi connectivity index (χ1v) is 16.7. The number of carbonyl (C=O) groups is 3. The van der Waals surface area contributed by atoms with Crippen LogP contribution in [-0.4, -0.2) is 77.4 Å². The Bertz CT molecular complexity index is 1430. The monoisotopic (exact) mass is 678 g/mol. The lowest BCUT2D eigenvalue weighted by molar-refractivity contribution is -0.144. The fourth-order valence-corrected chi connectivity index (χ4v) is 4.62. The molecule has 0 N–H and O–H groups in total. The second-order valence-corrected chi connectivity index (χ2v) is 12.0. The van der Waals surface area contributed by atoms with Gasteiger partial charge in [-0.1, -0.05) is 20.3 Å². The van der Waals surface area contributed by atoms with Crippen molar-refractivity contribution in [2.75, 3.05) is 59.5 Å². The lowest BCUT2D eigenvalue weighted by atomic mass is 9.90. The molecule has 0 amide bonds. The molecule has 3 aromatic carbocycles. The molecule has 0 spiro atoms. The summed E-state index contributed by atoms with van der Waals surface area (Å²) in [5.41, 5.74) is 0.932. The minimum atomic E-state index is -0.543. The van der Waals surface area contributed by atoms with Crippen LogP contribution in [0.3, 0.4) is 0 Å². The van der Waals surface area contributed by atoms with E-state index in [4.69, 9.17) is 37.9 Å². The van der Waals surface area contributed by atoms with Gasteiger partial charge in [0.25, 0.3) is 0 Å². The Hall–Kier alpha value is -4.45. The normalized spacial score (nSPS) is 13.2. The Morgan fingerprint density at radius 2 is 1.08 bits per heavy atom. The second kappa shape index (κ2) is 20.2. The lowest BCUT2D eigenvalue weighted by Crippen LogP contribution is -2.43. The smallest absolute Gasteiger partial charge is 0.343 e. The molecule has 0 aliphatic carbocycles. The maximum absolute atomic E-state index is 12.6. The third-order valence-corrected chi connectivity index (χ3v) is 7.50. The molecule has 0 saturated carbocycles. The van der Waals surface area contributed by atoms with E-state index < -0.39 is 11.9 Å². The van der Waals surface area contributed by atoms with Gasteiger partial charge in [0.1, 0.15) is 36.2 Å². The third kappa shape index (κ3) is 13.5. The zero-order chi connectivity index (χ0) is 34.7. The summed E-state index contributed by atoms with van der Waals surface area (Å²) in [6.45, 7) is 8.78. The van der Waals surface area contributed by atoms with E-state index >= 15 is 0 Å². The summed E-state index contributed by atoms with van der Waals surface area (Å²) in [5.74, 6) is 0.561. The van der Waals surface area contributed by atoms with Gasteiger partial charge in [-0.25, -0.2) is 9.59 Å². The van der Waals surface area contributed by atoms with E-state index in [1.165, 1.54) is 0 Å². The SMILES string of the molecule is CCC(=O)OCCOCCOc1ccc(C(=O)Oc2ccc(OC(=O)c3ccc(OCCCCCCOCC4(C)COC4)cc3)cc2)cc1. The first-order chi connectivity index (χ1) is 23.8. The number of hydrogen-bond donors (Lipinski definition) is 0. The number of unbranched alkanes of at least 4 members (excludes halogenated alkanes) is 3. The molecule has 3 aromatic rings. The Balaban J connectivity index is 1.08. The highest BCUT2D eigenvalue weighted by molar-refractivity contribution is 5.92. The van der Waals surface area contributed by atoms with Crippen LogP contribution in [0.1, 0.15) is 66.7 Å². The van der Waals surface area contributed by atoms with Gasteiger partial charge in [0, 0.05) is 18.4 Å². The molecule has 49 heavy (non-hydrogen) atoms. The first kappa shape index (κ1) is 37.4. The van der Waals surface area contributed by atoms with Crippen molar-refractivity contribution in [3.63, 3.8) is 0 Å². The molecule has 0 atom stereocenters. The predicted octanol–water partition coefficient (Wildman–Crippen LogP) is 6.47. The molecule has 1 saturated heterocycles. The van der Waals surface area contributed by atoms with E-state index in [9.17, 15) is 14.4 Å². The largest absolute Gasteiger partial charge is 0.494 e. The molecule has 4 rings (SSSR count). The molecule has 1 fully saturated rings. The first-order valence-electron chi connectivity index (χ1n) is 16.7. The molecule has 0 unspecified atom stereocenters. The molecule has 1 heterocycles. The summed E-state index contributed by atoms with van der Waals surface area (Å²) in [6, 6.07) is 19.6. The maximum atomic E-state index is 12.6. The predicted molar refractivity (Wildman–Crippen MR) is 181 cm³/mol. The van der Waals surface area contributed by atoms with E-state index in [2.05, 4.69) is 6.92 Å². The Morgan fingerprint density at radius 1 is 0.592 bits per heavy atom. The minimum absolute atomic E-state index is 0.201. The van der Waals surface area contributed by atoms with Crippen molar-refractivity contribution in [1.29, 1.82) is 0 Å². The van der Waals surface area contributed by atoms with Crippen LogP contribution in [0.5, 0.6) is 23.0 Å². The quantitative estimate of drug-likeness (QED) is 0.0660. The maximum Gasteiger partial charge on any atom is 0.343 e. The van der Waals surface area contributed by atoms with Gasteiger partial charge < -0.3 is 37.9 Å². The average molecular weight is 679 g/mol. The van der Waals surface area contributed by atoms with Crippen LogP contribution in [0.4, 0.5) is 0 Å². The van der Waals surface area contributed by atoms with Gasteiger partial charge >= 0.3 is 17.9 Å². The van der Waals surface area contributed by atoms with E-state index in [1.807, 2.05) is 0 Å². The molecule has 264 valence electrons. The van der Waals surface area contributed by atoms with Crippen molar-refractivity contribution < 1.29 is 52.3 Å². The highest BCUT2D eigenvalue weighted by atomic mass is 16.6. The number of ether oxygens (including phenoxy) is 8. The van der Waals surface area contributed by atoms with Crippen LogP contribution in [0, 0.1) is 5.41 Å². The van der Waals surface area contributed by atoms with Crippen LogP contribution in [-0.2, 0) is 23.7 Å².